The van der Waals surface area contributed by atoms with Crippen molar-refractivity contribution >= 4 is 40.8 Å². The van der Waals surface area contributed by atoms with Crippen LogP contribution in [-0.2, 0) is 10.2 Å². The van der Waals surface area contributed by atoms with Crippen molar-refractivity contribution in [2.24, 2.45) is 5.92 Å². The van der Waals surface area contributed by atoms with Crippen molar-refractivity contribution in [3.05, 3.63) is 82.0 Å². The number of anilines is 2. The number of fused-ring (bicyclic) bond motifs is 2. The minimum Gasteiger partial charge on any atom is -0.355 e. The number of hydrogen-bond acceptors (Lipinski definition) is 6. The van der Waals surface area contributed by atoms with Crippen LogP contribution in [0.15, 0.2) is 48.8 Å². The van der Waals surface area contributed by atoms with Gasteiger partial charge in [-0.25, -0.2) is 18.2 Å². The highest BCUT2D eigenvalue weighted by molar-refractivity contribution is 6.30. The zero-order valence-corrected chi connectivity index (χ0v) is 24.6. The van der Waals surface area contributed by atoms with Crippen LogP contribution in [0.2, 0.25) is 5.02 Å². The quantitative estimate of drug-likeness (QED) is 0.395. The Bertz CT molecular complexity index is 1610. The number of nitrogens with one attached hydrogen (secondary N) is 2. The highest BCUT2D eigenvalue weighted by Crippen LogP contribution is 2.49. The molecule has 13 heteroatoms. The second-order valence-electron chi connectivity index (χ2n) is 11.6. The Morgan fingerprint density at radius 3 is 2.45 bits per heavy atom. The molecule has 0 unspecified atom stereocenters. The van der Waals surface area contributed by atoms with Gasteiger partial charge in [-0.05, 0) is 67.5 Å². The van der Waals surface area contributed by atoms with E-state index >= 15 is 0 Å². The van der Waals surface area contributed by atoms with Gasteiger partial charge in [-0.3, -0.25) is 19.4 Å². The van der Waals surface area contributed by atoms with Gasteiger partial charge in [0.1, 0.15) is 22.7 Å². The first-order chi connectivity index (χ1) is 21.1. The third kappa shape index (κ3) is 5.36. The number of carbonyl (C=O) groups excluding carboxylic acids is 3. The molecule has 2 fully saturated rings. The lowest BCUT2D eigenvalue weighted by molar-refractivity contribution is -0.124. The van der Waals surface area contributed by atoms with Crippen LogP contribution < -0.4 is 20.4 Å². The maximum Gasteiger partial charge on any atom is 0.281 e. The van der Waals surface area contributed by atoms with E-state index in [9.17, 15) is 27.6 Å². The molecule has 1 spiro atoms. The van der Waals surface area contributed by atoms with Crippen LogP contribution in [0.3, 0.4) is 0 Å². The number of aromatic nitrogens is 2. The van der Waals surface area contributed by atoms with Gasteiger partial charge in [0, 0.05) is 45.1 Å². The molecule has 230 valence electrons. The first-order valence-electron chi connectivity index (χ1n) is 14.4. The molecule has 3 aliphatic rings. The molecule has 1 saturated carbocycles. The Labute approximate surface area is 256 Å². The third-order valence-electron chi connectivity index (χ3n) is 8.86. The number of benzene rings is 1. The zero-order chi connectivity index (χ0) is 31.2. The van der Waals surface area contributed by atoms with Gasteiger partial charge in [-0.1, -0.05) is 17.7 Å². The largest absolute Gasteiger partial charge is 0.355 e. The van der Waals surface area contributed by atoms with E-state index < -0.39 is 29.3 Å². The van der Waals surface area contributed by atoms with Crippen molar-refractivity contribution in [2.75, 3.05) is 36.5 Å². The van der Waals surface area contributed by atoms with Gasteiger partial charge in [0.05, 0.1) is 21.8 Å². The van der Waals surface area contributed by atoms with Gasteiger partial charge in [-0.15, -0.1) is 0 Å². The van der Waals surface area contributed by atoms with Gasteiger partial charge in [0.2, 0.25) is 5.91 Å². The summed E-state index contributed by atoms with van der Waals surface area (Å²) in [6, 6.07) is 8.87. The SMILES string of the molecule is CNC(=O)c1ccc(N2CC3(C2)C(=O)N(CC2CCC(NC(=O)c4cc(Cl)cnc4C(F)F)CC2)c2cc(F)ccc23)nc1. The lowest BCUT2D eigenvalue weighted by Gasteiger charge is -2.47. The molecule has 3 aromatic rings. The number of hydrogen-bond donors (Lipinski definition) is 2. The molecule has 2 aromatic heterocycles. The summed E-state index contributed by atoms with van der Waals surface area (Å²) < 4.78 is 41.2. The van der Waals surface area contributed by atoms with Gasteiger partial charge in [0.25, 0.3) is 18.2 Å². The monoisotopic (exact) mass is 626 g/mol. The second-order valence-corrected chi connectivity index (χ2v) is 12.0. The van der Waals surface area contributed by atoms with Crippen molar-refractivity contribution in [3.8, 4) is 0 Å². The smallest absolute Gasteiger partial charge is 0.281 e. The average Bonchev–Trinajstić information content (AvgIpc) is 3.23. The van der Waals surface area contributed by atoms with E-state index in [4.69, 9.17) is 11.6 Å². The fourth-order valence-corrected chi connectivity index (χ4v) is 6.70. The first kappa shape index (κ1) is 29.9. The van der Waals surface area contributed by atoms with Crippen LogP contribution in [-0.4, -0.2) is 60.4 Å². The van der Waals surface area contributed by atoms with Crippen LogP contribution in [0, 0.1) is 11.7 Å². The Kier molecular flexibility index (Phi) is 7.95. The van der Waals surface area contributed by atoms with E-state index in [0.717, 1.165) is 11.8 Å². The highest BCUT2D eigenvalue weighted by Gasteiger charge is 2.58. The molecule has 1 aromatic carbocycles. The van der Waals surface area contributed by atoms with Gasteiger partial charge in [0.15, 0.2) is 0 Å². The van der Waals surface area contributed by atoms with Crippen molar-refractivity contribution in [1.82, 2.24) is 20.6 Å². The fraction of sp³-hybridized carbons (Fsp3) is 0.387. The Balaban J connectivity index is 1.11. The van der Waals surface area contributed by atoms with Crippen molar-refractivity contribution in [1.29, 1.82) is 0 Å². The Morgan fingerprint density at radius 1 is 1.05 bits per heavy atom. The van der Waals surface area contributed by atoms with Crippen LogP contribution in [0.1, 0.15) is 64.1 Å². The summed E-state index contributed by atoms with van der Waals surface area (Å²) in [6.07, 6.45) is 2.25. The van der Waals surface area contributed by atoms with Gasteiger partial charge < -0.3 is 20.4 Å². The van der Waals surface area contributed by atoms with Gasteiger partial charge in [-0.2, -0.15) is 0 Å². The molecule has 3 amide bonds. The summed E-state index contributed by atoms with van der Waals surface area (Å²) in [5.41, 5.74) is 0.119. The summed E-state index contributed by atoms with van der Waals surface area (Å²) in [5, 5.41) is 5.49. The summed E-state index contributed by atoms with van der Waals surface area (Å²) in [5.74, 6) is -0.638. The lowest BCUT2D eigenvalue weighted by Crippen LogP contribution is -2.64. The van der Waals surface area contributed by atoms with E-state index in [-0.39, 0.29) is 34.4 Å². The van der Waals surface area contributed by atoms with E-state index in [2.05, 4.69) is 20.6 Å². The predicted octanol–water partition coefficient (Wildman–Crippen LogP) is 4.66. The number of nitrogens with zero attached hydrogens (tertiary/aromatic N) is 4. The topological polar surface area (TPSA) is 108 Å². The minimum absolute atomic E-state index is 0.0836. The maximum absolute atomic E-state index is 14.4. The summed E-state index contributed by atoms with van der Waals surface area (Å²) in [4.78, 5) is 50.3. The summed E-state index contributed by atoms with van der Waals surface area (Å²) >= 11 is 5.90. The van der Waals surface area contributed by atoms with E-state index in [1.54, 1.807) is 30.1 Å². The highest BCUT2D eigenvalue weighted by atomic mass is 35.5. The summed E-state index contributed by atoms with van der Waals surface area (Å²) in [7, 11) is 1.55. The molecule has 1 saturated heterocycles. The molecule has 2 N–H and O–H groups in total. The first-order valence-corrected chi connectivity index (χ1v) is 14.8. The molecule has 0 radical (unpaired) electrons. The Hall–Kier alpha value is -4.19. The molecular formula is C31H30ClF3N6O3. The third-order valence-corrected chi connectivity index (χ3v) is 9.07. The van der Waals surface area contributed by atoms with E-state index in [0.29, 0.717) is 62.4 Å². The number of amides is 3. The summed E-state index contributed by atoms with van der Waals surface area (Å²) in [6.45, 7) is 1.17. The maximum atomic E-state index is 14.4. The number of halogens is 4. The van der Waals surface area contributed by atoms with Gasteiger partial charge >= 0.3 is 0 Å². The number of carbonyl (C=O) groups is 3. The molecule has 6 rings (SSSR count). The van der Waals surface area contributed by atoms with Crippen LogP contribution in [0.4, 0.5) is 24.7 Å². The lowest BCUT2D eigenvalue weighted by atomic mass is 9.74. The second kappa shape index (κ2) is 11.7. The Morgan fingerprint density at radius 2 is 1.80 bits per heavy atom. The predicted molar refractivity (Wildman–Crippen MR) is 158 cm³/mol. The molecule has 1 aliphatic carbocycles. The van der Waals surface area contributed by atoms with Crippen molar-refractivity contribution < 1.29 is 27.6 Å². The number of alkyl halides is 2. The zero-order valence-electron chi connectivity index (χ0n) is 23.8. The van der Waals surface area contributed by atoms with Crippen LogP contribution in [0.5, 0.6) is 0 Å². The van der Waals surface area contributed by atoms with Crippen molar-refractivity contribution in [2.45, 2.75) is 43.6 Å². The van der Waals surface area contributed by atoms with Crippen molar-refractivity contribution in [3.63, 3.8) is 0 Å². The molecule has 44 heavy (non-hydrogen) atoms. The van der Waals surface area contributed by atoms with Crippen LogP contribution >= 0.6 is 11.6 Å². The number of rotatable bonds is 7. The molecule has 0 bridgehead atoms. The fourth-order valence-electron chi connectivity index (χ4n) is 6.54. The minimum atomic E-state index is -2.91. The normalized spacial score (nSPS) is 20.5. The van der Waals surface area contributed by atoms with Crippen LogP contribution in [0.25, 0.3) is 0 Å². The van der Waals surface area contributed by atoms with E-state index in [1.807, 2.05) is 4.90 Å². The average molecular weight is 627 g/mol. The van der Waals surface area contributed by atoms with E-state index in [1.165, 1.54) is 24.4 Å². The standard InChI is InChI=1S/C31H30ClF3N6O3/c1-36-28(42)18-4-9-25(37-12-18)40-15-31(16-40)23-8-5-20(33)11-24(23)41(30(31)44)14-17-2-6-21(7-3-17)39-29(43)22-10-19(32)13-38-26(22)27(34)35/h4-5,8-13,17,21,27H,2-3,6-7,14-16H2,1H3,(H,36,42)(H,39,43). The molecule has 0 atom stereocenters. The molecular weight excluding hydrogens is 597 g/mol. The molecule has 4 heterocycles. The number of pyridine rings is 2. The molecule has 2 aliphatic heterocycles. The molecule has 9 nitrogen and oxygen atoms in total.